The van der Waals surface area contributed by atoms with E-state index in [2.05, 4.69) is 18.3 Å². The maximum absolute atomic E-state index is 13.2. The molecule has 0 bridgehead atoms. The van der Waals surface area contributed by atoms with Gasteiger partial charge < -0.3 is 24.8 Å². The van der Waals surface area contributed by atoms with Gasteiger partial charge in [0.1, 0.15) is 5.78 Å². The Morgan fingerprint density at radius 3 is 2.81 bits per heavy atom. The van der Waals surface area contributed by atoms with Gasteiger partial charge in [0.05, 0.1) is 0 Å². The van der Waals surface area contributed by atoms with Crippen molar-refractivity contribution in [3.8, 4) is 11.5 Å². The van der Waals surface area contributed by atoms with Crippen molar-refractivity contribution >= 4 is 30.0 Å². The van der Waals surface area contributed by atoms with Gasteiger partial charge in [0, 0.05) is 30.0 Å². The summed E-state index contributed by atoms with van der Waals surface area (Å²) < 4.78 is 10.7. The first kappa shape index (κ1) is 23.6. The number of benzene rings is 2. The average molecular weight is 489 g/mol. The molecule has 8 heteroatoms. The first-order valence-corrected chi connectivity index (χ1v) is 13.0. The highest BCUT2D eigenvalue weighted by Crippen LogP contribution is 2.62. The zero-order valence-electron chi connectivity index (χ0n) is 20.5. The molecule has 3 N–H and O–H groups in total. The van der Waals surface area contributed by atoms with Crippen molar-refractivity contribution in [2.45, 2.75) is 57.8 Å². The van der Waals surface area contributed by atoms with Crippen LogP contribution in [0.4, 0.5) is 5.69 Å². The third kappa shape index (κ3) is 3.91. The minimum absolute atomic E-state index is 0.0497. The zero-order valence-corrected chi connectivity index (χ0v) is 20.5. The molecule has 3 aliphatic carbocycles. The largest absolute Gasteiger partial charge is 0.488 e. The fraction of sp³-hybridized carbons (Fsp3) is 0.500. The molecule has 7 nitrogen and oxygen atoms in total. The third-order valence-electron chi connectivity index (χ3n) is 9.29. The number of carbonyl (C=O) groups is 2. The molecule has 2 saturated carbocycles. The molecule has 5 atom stereocenters. The van der Waals surface area contributed by atoms with Crippen LogP contribution in [0.15, 0.2) is 36.4 Å². The van der Waals surface area contributed by atoms with Crippen LogP contribution < -0.4 is 20.3 Å². The molecule has 0 unspecified atom stereocenters. The highest BCUT2D eigenvalue weighted by atomic mass is 16.7. The van der Waals surface area contributed by atoms with Crippen molar-refractivity contribution in [1.29, 1.82) is 0 Å². The van der Waals surface area contributed by atoms with Crippen molar-refractivity contribution in [1.82, 2.24) is 0 Å². The van der Waals surface area contributed by atoms with Crippen LogP contribution in [0, 0.1) is 23.2 Å². The molecule has 2 aromatic rings. The summed E-state index contributed by atoms with van der Waals surface area (Å²) in [4.78, 5) is 26.1. The Balaban J connectivity index is 1.17. The Labute approximate surface area is 211 Å². The number of nitrogens with one attached hydrogen (secondary N) is 1. The van der Waals surface area contributed by atoms with E-state index in [1.165, 1.54) is 11.1 Å². The normalized spacial score (nSPS) is 29.8. The highest BCUT2D eigenvalue weighted by Gasteiger charge is 2.58. The number of Topliss-reactive ketones (excluding diaryl/α,β-unsaturated/α-hetero) is 1. The molecule has 6 rings (SSSR count). The van der Waals surface area contributed by atoms with Gasteiger partial charge in [0.2, 0.25) is 12.7 Å². The zero-order chi connectivity index (χ0) is 25.0. The molecule has 1 amide bonds. The standard InChI is InChI=1S/C28H32BNO6/c1-28-11-10-21-20-7-4-18(29(33)34)12-16(20)2-6-22(21)27(28)17(13-25(28)31)3-9-26(32)30-19-5-8-23-24(14-19)36-15-35-23/h4-5,7-8,12,14,17,21-22,27,33-34H,2-3,6,9-11,13,15H2,1H3,(H,30,32)/t17-,21-,22-,27+,28-/m1/s1. The predicted octanol–water partition coefficient (Wildman–Crippen LogP) is 3.17. The molecule has 0 spiro atoms. The van der Waals surface area contributed by atoms with E-state index in [1.807, 2.05) is 18.2 Å². The van der Waals surface area contributed by atoms with E-state index in [-0.39, 0.29) is 30.0 Å². The number of hydrogen-bond acceptors (Lipinski definition) is 6. The van der Waals surface area contributed by atoms with Gasteiger partial charge in [-0.05, 0) is 84.5 Å². The fourth-order valence-corrected chi connectivity index (χ4v) is 7.60. The van der Waals surface area contributed by atoms with Gasteiger partial charge in [0.15, 0.2) is 11.5 Å². The van der Waals surface area contributed by atoms with Crippen molar-refractivity contribution in [3.63, 3.8) is 0 Å². The van der Waals surface area contributed by atoms with Crippen LogP contribution in [0.25, 0.3) is 0 Å². The quantitative estimate of drug-likeness (QED) is 0.558. The predicted molar refractivity (Wildman–Crippen MR) is 135 cm³/mol. The number of amides is 1. The Kier molecular flexibility index (Phi) is 5.84. The van der Waals surface area contributed by atoms with E-state index in [4.69, 9.17) is 9.47 Å². The summed E-state index contributed by atoms with van der Waals surface area (Å²) in [6, 6.07) is 11.2. The summed E-state index contributed by atoms with van der Waals surface area (Å²) >= 11 is 0. The molecule has 0 saturated heterocycles. The lowest BCUT2D eigenvalue weighted by molar-refractivity contribution is -0.129. The second-order valence-corrected chi connectivity index (χ2v) is 11.2. The van der Waals surface area contributed by atoms with Gasteiger partial charge in [-0.1, -0.05) is 25.1 Å². The van der Waals surface area contributed by atoms with Gasteiger partial charge in [-0.2, -0.15) is 0 Å². The third-order valence-corrected chi connectivity index (χ3v) is 9.29. The molecule has 2 aromatic carbocycles. The minimum atomic E-state index is -1.46. The second-order valence-electron chi connectivity index (χ2n) is 11.2. The van der Waals surface area contributed by atoms with E-state index in [9.17, 15) is 19.6 Å². The van der Waals surface area contributed by atoms with Crippen molar-refractivity contribution in [3.05, 3.63) is 47.5 Å². The number of rotatable bonds is 5. The van der Waals surface area contributed by atoms with E-state index in [0.717, 1.165) is 25.7 Å². The number of ether oxygens (including phenoxy) is 2. The van der Waals surface area contributed by atoms with E-state index >= 15 is 0 Å². The number of carbonyl (C=O) groups excluding carboxylic acids is 2. The summed E-state index contributed by atoms with van der Waals surface area (Å²) in [5, 5.41) is 22.2. The molecule has 2 fully saturated rings. The van der Waals surface area contributed by atoms with Gasteiger partial charge >= 0.3 is 7.12 Å². The Bertz CT molecular complexity index is 1210. The van der Waals surface area contributed by atoms with E-state index < -0.39 is 7.12 Å². The molecule has 0 aromatic heterocycles. The van der Waals surface area contributed by atoms with Crippen molar-refractivity contribution < 1.29 is 29.1 Å². The first-order chi connectivity index (χ1) is 17.3. The van der Waals surface area contributed by atoms with E-state index in [1.54, 1.807) is 12.1 Å². The molecule has 188 valence electrons. The first-order valence-electron chi connectivity index (χ1n) is 13.0. The lowest BCUT2D eigenvalue weighted by Gasteiger charge is -2.50. The van der Waals surface area contributed by atoms with E-state index in [0.29, 0.717) is 59.5 Å². The number of hydrogen-bond donors (Lipinski definition) is 3. The SMILES string of the molecule is C[C@]12CC[C@@H]3c4ccc(B(O)O)cc4CC[C@H]3[C@@H]1[C@H](CCC(=O)Nc1ccc3c(c1)OCO3)CC2=O. The van der Waals surface area contributed by atoms with Crippen LogP contribution >= 0.6 is 0 Å². The molecule has 4 aliphatic rings. The molecule has 36 heavy (non-hydrogen) atoms. The van der Waals surface area contributed by atoms with Crippen LogP contribution in [-0.4, -0.2) is 35.6 Å². The molecular weight excluding hydrogens is 457 g/mol. The number of fused-ring (bicyclic) bond motifs is 6. The van der Waals surface area contributed by atoms with Gasteiger partial charge in [-0.25, -0.2) is 0 Å². The highest BCUT2D eigenvalue weighted by molar-refractivity contribution is 6.58. The Morgan fingerprint density at radius 1 is 1.14 bits per heavy atom. The molecule has 0 radical (unpaired) electrons. The maximum atomic E-state index is 13.2. The summed E-state index contributed by atoms with van der Waals surface area (Å²) in [6.07, 6.45) is 5.38. The van der Waals surface area contributed by atoms with Crippen LogP contribution in [0.1, 0.15) is 62.5 Å². The van der Waals surface area contributed by atoms with Crippen LogP contribution in [0.5, 0.6) is 11.5 Å². The minimum Gasteiger partial charge on any atom is -0.454 e. The summed E-state index contributed by atoms with van der Waals surface area (Å²) in [5.41, 5.74) is 3.42. The van der Waals surface area contributed by atoms with Crippen molar-refractivity contribution in [2.75, 3.05) is 12.1 Å². The van der Waals surface area contributed by atoms with Gasteiger partial charge in [-0.15, -0.1) is 0 Å². The van der Waals surface area contributed by atoms with Crippen molar-refractivity contribution in [2.24, 2.45) is 23.2 Å². The number of ketones is 1. The topological polar surface area (TPSA) is 105 Å². The molecule has 1 heterocycles. The van der Waals surface area contributed by atoms with Crippen LogP contribution in [0.3, 0.4) is 0 Å². The Hall–Kier alpha value is -2.84. The summed E-state index contributed by atoms with van der Waals surface area (Å²) in [6.45, 7) is 2.35. The summed E-state index contributed by atoms with van der Waals surface area (Å²) in [5.74, 6) is 2.90. The second kappa shape index (κ2) is 8.92. The van der Waals surface area contributed by atoms with Crippen LogP contribution in [-0.2, 0) is 16.0 Å². The monoisotopic (exact) mass is 489 g/mol. The van der Waals surface area contributed by atoms with Gasteiger partial charge in [0.25, 0.3) is 0 Å². The molecular formula is C28H32BNO6. The lowest BCUT2D eigenvalue weighted by atomic mass is 9.53. The van der Waals surface area contributed by atoms with Gasteiger partial charge in [-0.3, -0.25) is 9.59 Å². The maximum Gasteiger partial charge on any atom is 0.488 e. The Morgan fingerprint density at radius 2 is 1.97 bits per heavy atom. The fourth-order valence-electron chi connectivity index (χ4n) is 7.60. The number of aryl methyl sites for hydroxylation is 1. The number of anilines is 1. The summed E-state index contributed by atoms with van der Waals surface area (Å²) in [7, 11) is -1.46. The average Bonchev–Trinajstić information content (AvgIpc) is 3.43. The van der Waals surface area contributed by atoms with Crippen LogP contribution in [0.2, 0.25) is 0 Å². The molecule has 1 aliphatic heterocycles. The smallest absolute Gasteiger partial charge is 0.454 e. The lowest BCUT2D eigenvalue weighted by Crippen LogP contribution is -2.44.